The van der Waals surface area contributed by atoms with Crippen LogP contribution in [0.5, 0.6) is 0 Å². The maximum Gasteiger partial charge on any atom is 0.332 e. The first-order valence-corrected chi connectivity index (χ1v) is 7.06. The highest BCUT2D eigenvalue weighted by atomic mass is 16.4. The van der Waals surface area contributed by atoms with Crippen LogP contribution in [-0.2, 0) is 11.3 Å². The fraction of sp³-hybridized carbons (Fsp3) is 0.438. The summed E-state index contributed by atoms with van der Waals surface area (Å²) in [6.45, 7) is 7.00. The van der Waals surface area contributed by atoms with E-state index in [4.69, 9.17) is 5.11 Å². The summed E-state index contributed by atoms with van der Waals surface area (Å²) < 4.78 is 0. The van der Waals surface area contributed by atoms with Crippen molar-refractivity contribution >= 4 is 5.97 Å². The zero-order valence-corrected chi connectivity index (χ0v) is 11.7. The van der Waals surface area contributed by atoms with Crippen molar-refractivity contribution in [2.24, 2.45) is 0 Å². The highest BCUT2D eigenvalue weighted by Gasteiger charge is 2.19. The molecule has 1 fully saturated rings. The number of rotatable bonds is 6. The minimum absolute atomic E-state index is 0.233. The molecule has 0 aromatic heterocycles. The van der Waals surface area contributed by atoms with E-state index < -0.39 is 5.97 Å². The summed E-state index contributed by atoms with van der Waals surface area (Å²) in [5.41, 5.74) is 1.58. The Labute approximate surface area is 120 Å². The van der Waals surface area contributed by atoms with Gasteiger partial charge in [-0.25, -0.2) is 4.79 Å². The Kier molecular flexibility index (Phi) is 5.32. The van der Waals surface area contributed by atoms with Crippen LogP contribution in [0.3, 0.4) is 0 Å². The van der Waals surface area contributed by atoms with Crippen LogP contribution in [0.2, 0.25) is 0 Å². The predicted molar refractivity (Wildman–Crippen MR) is 79.5 cm³/mol. The van der Waals surface area contributed by atoms with Crippen molar-refractivity contribution in [3.05, 3.63) is 48.0 Å². The van der Waals surface area contributed by atoms with Gasteiger partial charge in [0.25, 0.3) is 0 Å². The van der Waals surface area contributed by atoms with E-state index in [1.54, 1.807) is 0 Å². The molecule has 0 saturated carbocycles. The van der Waals surface area contributed by atoms with Gasteiger partial charge in [0, 0.05) is 24.7 Å². The number of carbonyl (C=O) groups is 1. The first-order chi connectivity index (χ1) is 9.65. The second kappa shape index (κ2) is 7.22. The Balaban J connectivity index is 1.70. The number of hydrogen-bond donors (Lipinski definition) is 2. The molecular formula is C16H22N2O2. The molecule has 0 unspecified atom stereocenters. The monoisotopic (exact) mass is 274 g/mol. The molecule has 0 radical (unpaired) electrons. The minimum Gasteiger partial charge on any atom is -0.478 e. The predicted octanol–water partition coefficient (Wildman–Crippen LogP) is 1.88. The van der Waals surface area contributed by atoms with Crippen molar-refractivity contribution in [2.45, 2.75) is 25.4 Å². The lowest BCUT2D eigenvalue weighted by atomic mass is 10.0. The van der Waals surface area contributed by atoms with Crippen molar-refractivity contribution < 1.29 is 9.90 Å². The molecule has 0 amide bonds. The SMILES string of the molecule is C=C(CNC1CCN(Cc2ccccc2)CC1)C(=O)O. The third-order valence-electron chi connectivity index (χ3n) is 3.74. The third-order valence-corrected chi connectivity index (χ3v) is 3.74. The van der Waals surface area contributed by atoms with Crippen molar-refractivity contribution in [1.29, 1.82) is 0 Å². The fourth-order valence-corrected chi connectivity index (χ4v) is 2.48. The molecule has 0 bridgehead atoms. The van der Waals surface area contributed by atoms with Gasteiger partial charge in [-0.1, -0.05) is 36.9 Å². The largest absolute Gasteiger partial charge is 0.478 e. The first kappa shape index (κ1) is 14.8. The van der Waals surface area contributed by atoms with Crippen molar-refractivity contribution in [1.82, 2.24) is 10.2 Å². The molecule has 1 aromatic carbocycles. The zero-order valence-electron chi connectivity index (χ0n) is 11.7. The van der Waals surface area contributed by atoms with Gasteiger partial charge in [0.2, 0.25) is 0 Å². The van der Waals surface area contributed by atoms with Gasteiger partial charge in [-0.2, -0.15) is 0 Å². The minimum atomic E-state index is -0.918. The molecule has 2 rings (SSSR count). The maximum atomic E-state index is 10.7. The smallest absolute Gasteiger partial charge is 0.332 e. The van der Waals surface area contributed by atoms with E-state index in [1.807, 2.05) is 6.07 Å². The molecule has 4 nitrogen and oxygen atoms in total. The van der Waals surface area contributed by atoms with Crippen molar-refractivity contribution in [3.8, 4) is 0 Å². The van der Waals surface area contributed by atoms with E-state index in [-0.39, 0.29) is 5.57 Å². The van der Waals surface area contributed by atoms with Gasteiger partial charge in [0.15, 0.2) is 0 Å². The van der Waals surface area contributed by atoms with Crippen LogP contribution in [-0.4, -0.2) is 41.7 Å². The molecule has 1 aliphatic rings. The molecule has 20 heavy (non-hydrogen) atoms. The molecule has 1 aromatic rings. The molecule has 1 saturated heterocycles. The Hall–Kier alpha value is -1.65. The summed E-state index contributed by atoms with van der Waals surface area (Å²) in [7, 11) is 0. The Bertz CT molecular complexity index is 451. The lowest BCUT2D eigenvalue weighted by molar-refractivity contribution is -0.132. The summed E-state index contributed by atoms with van der Waals surface area (Å²) in [4.78, 5) is 13.1. The highest BCUT2D eigenvalue weighted by molar-refractivity contribution is 5.86. The average molecular weight is 274 g/mol. The summed E-state index contributed by atoms with van der Waals surface area (Å²) in [5.74, 6) is -0.918. The van der Waals surface area contributed by atoms with E-state index >= 15 is 0 Å². The number of likely N-dealkylation sites (tertiary alicyclic amines) is 1. The van der Waals surface area contributed by atoms with Gasteiger partial charge in [0.1, 0.15) is 0 Å². The number of piperidine rings is 1. The molecule has 108 valence electrons. The number of carboxylic acids is 1. The Morgan fingerprint density at radius 1 is 1.30 bits per heavy atom. The van der Waals surface area contributed by atoms with Gasteiger partial charge in [-0.15, -0.1) is 0 Å². The van der Waals surface area contributed by atoms with E-state index in [9.17, 15) is 4.79 Å². The second-order valence-electron chi connectivity index (χ2n) is 5.33. The van der Waals surface area contributed by atoms with E-state index in [0.29, 0.717) is 12.6 Å². The number of carboxylic acid groups (broad SMARTS) is 1. The van der Waals surface area contributed by atoms with Crippen molar-refractivity contribution in [2.75, 3.05) is 19.6 Å². The molecule has 1 heterocycles. The summed E-state index contributed by atoms with van der Waals surface area (Å²) >= 11 is 0. The number of aliphatic carboxylic acids is 1. The van der Waals surface area contributed by atoms with Gasteiger partial charge in [-0.05, 0) is 31.5 Å². The molecule has 1 aliphatic heterocycles. The normalized spacial score (nSPS) is 17.0. The fourth-order valence-electron chi connectivity index (χ4n) is 2.48. The molecule has 0 atom stereocenters. The van der Waals surface area contributed by atoms with E-state index in [1.165, 1.54) is 5.56 Å². The average Bonchev–Trinajstić information content (AvgIpc) is 2.47. The summed E-state index contributed by atoms with van der Waals surface area (Å²) in [5, 5.41) is 12.0. The number of nitrogens with one attached hydrogen (secondary N) is 1. The number of nitrogens with zero attached hydrogens (tertiary/aromatic N) is 1. The molecule has 4 heteroatoms. The topological polar surface area (TPSA) is 52.6 Å². The Morgan fingerprint density at radius 3 is 2.55 bits per heavy atom. The maximum absolute atomic E-state index is 10.7. The quantitative estimate of drug-likeness (QED) is 0.778. The van der Waals surface area contributed by atoms with Crippen LogP contribution in [0.4, 0.5) is 0 Å². The lowest BCUT2D eigenvalue weighted by Crippen LogP contribution is -2.43. The van der Waals surface area contributed by atoms with Crippen LogP contribution in [0, 0.1) is 0 Å². The molecule has 0 aliphatic carbocycles. The van der Waals surface area contributed by atoms with Gasteiger partial charge < -0.3 is 10.4 Å². The first-order valence-electron chi connectivity index (χ1n) is 7.06. The molecular weight excluding hydrogens is 252 g/mol. The number of benzene rings is 1. The molecule has 2 N–H and O–H groups in total. The third kappa shape index (κ3) is 4.47. The second-order valence-corrected chi connectivity index (χ2v) is 5.33. The highest BCUT2D eigenvalue weighted by Crippen LogP contribution is 2.13. The van der Waals surface area contributed by atoms with Gasteiger partial charge in [-0.3, -0.25) is 4.90 Å². The lowest BCUT2D eigenvalue weighted by Gasteiger charge is -2.32. The standard InChI is InChI=1S/C16H22N2O2/c1-13(16(19)20)11-17-15-7-9-18(10-8-15)12-14-5-3-2-4-6-14/h2-6,15,17H,1,7-12H2,(H,19,20). The zero-order chi connectivity index (χ0) is 14.4. The van der Waals surface area contributed by atoms with Crippen LogP contribution in [0.25, 0.3) is 0 Å². The van der Waals surface area contributed by atoms with Crippen LogP contribution < -0.4 is 5.32 Å². The summed E-state index contributed by atoms with van der Waals surface area (Å²) in [6, 6.07) is 10.9. The Morgan fingerprint density at radius 2 is 1.95 bits per heavy atom. The number of hydrogen-bond acceptors (Lipinski definition) is 3. The van der Waals surface area contributed by atoms with Gasteiger partial charge >= 0.3 is 5.97 Å². The van der Waals surface area contributed by atoms with Gasteiger partial charge in [0.05, 0.1) is 0 Å². The van der Waals surface area contributed by atoms with E-state index in [2.05, 4.69) is 41.1 Å². The van der Waals surface area contributed by atoms with Crippen LogP contribution >= 0.6 is 0 Å². The van der Waals surface area contributed by atoms with Crippen LogP contribution in [0.15, 0.2) is 42.5 Å². The molecule has 0 spiro atoms. The van der Waals surface area contributed by atoms with Crippen molar-refractivity contribution in [3.63, 3.8) is 0 Å². The van der Waals surface area contributed by atoms with E-state index in [0.717, 1.165) is 32.5 Å². The summed E-state index contributed by atoms with van der Waals surface area (Å²) in [6.07, 6.45) is 2.11. The van der Waals surface area contributed by atoms with Crippen LogP contribution in [0.1, 0.15) is 18.4 Å².